The highest BCUT2D eigenvalue weighted by molar-refractivity contribution is 6.18. The average molecular weight is 252 g/mol. The minimum atomic E-state index is -0.709. The van der Waals surface area contributed by atoms with Gasteiger partial charge in [-0.3, -0.25) is 0 Å². The van der Waals surface area contributed by atoms with Gasteiger partial charge >= 0.3 is 12.1 Å². The second-order valence-electron chi connectivity index (χ2n) is 3.21. The summed E-state index contributed by atoms with van der Waals surface area (Å²) >= 11 is 5.33. The van der Waals surface area contributed by atoms with Crippen LogP contribution in [0, 0.1) is 0 Å². The first-order valence-electron chi connectivity index (χ1n) is 5.27. The first-order valence-corrected chi connectivity index (χ1v) is 5.81. The Hall–Kier alpha value is -0.970. The van der Waals surface area contributed by atoms with Crippen molar-refractivity contribution in [3.8, 4) is 0 Å². The van der Waals surface area contributed by atoms with Crippen molar-refractivity contribution < 1.29 is 19.1 Å². The number of carbonyl (C=O) groups is 2. The van der Waals surface area contributed by atoms with E-state index in [9.17, 15) is 9.59 Å². The van der Waals surface area contributed by atoms with Gasteiger partial charge in [0.25, 0.3) is 0 Å². The van der Waals surface area contributed by atoms with Crippen LogP contribution in [0.2, 0.25) is 0 Å². The molecular formula is C10H18ClNO4. The molecule has 0 bridgehead atoms. The number of alkyl halides is 1. The number of nitrogens with one attached hydrogen (secondary N) is 1. The van der Waals surface area contributed by atoms with Crippen molar-refractivity contribution >= 4 is 23.7 Å². The fourth-order valence-corrected chi connectivity index (χ4v) is 0.928. The third-order valence-corrected chi connectivity index (χ3v) is 1.89. The zero-order valence-corrected chi connectivity index (χ0v) is 10.4. The van der Waals surface area contributed by atoms with Crippen molar-refractivity contribution in [1.82, 2.24) is 5.32 Å². The molecule has 0 radical (unpaired) electrons. The van der Waals surface area contributed by atoms with Crippen LogP contribution in [-0.4, -0.2) is 37.2 Å². The van der Waals surface area contributed by atoms with Crippen LogP contribution >= 0.6 is 11.6 Å². The molecule has 0 aromatic heterocycles. The Bertz CT molecular complexity index is 223. The van der Waals surface area contributed by atoms with Crippen LogP contribution in [0.4, 0.5) is 4.79 Å². The Morgan fingerprint density at radius 2 is 2.00 bits per heavy atom. The molecule has 0 saturated heterocycles. The van der Waals surface area contributed by atoms with Crippen LogP contribution in [-0.2, 0) is 14.3 Å². The lowest BCUT2D eigenvalue weighted by molar-refractivity contribution is -0.145. The number of amides is 1. The van der Waals surface area contributed by atoms with Gasteiger partial charge in [0.1, 0.15) is 12.6 Å². The summed E-state index contributed by atoms with van der Waals surface area (Å²) in [5.74, 6) is -0.237. The van der Waals surface area contributed by atoms with Crippen LogP contribution in [0.3, 0.4) is 0 Å². The predicted octanol–water partition coefficient (Wildman–Crippen LogP) is 1.68. The summed E-state index contributed by atoms with van der Waals surface area (Å²) in [6, 6.07) is -0.709. The molecule has 0 aliphatic rings. The standard InChI is InChI=1S/C10H18ClNO4/c1-3-4-6-15-9(13)8(2)12-10(14)16-7-5-11/h8H,3-7H2,1-2H3,(H,12,14). The van der Waals surface area contributed by atoms with Gasteiger partial charge in [0, 0.05) is 0 Å². The van der Waals surface area contributed by atoms with Gasteiger partial charge in [-0.2, -0.15) is 0 Å². The highest BCUT2D eigenvalue weighted by Crippen LogP contribution is 1.93. The molecule has 0 aliphatic carbocycles. The van der Waals surface area contributed by atoms with Crippen molar-refractivity contribution in [3.63, 3.8) is 0 Å². The van der Waals surface area contributed by atoms with Crippen LogP contribution < -0.4 is 5.32 Å². The van der Waals surface area contributed by atoms with E-state index in [2.05, 4.69) is 10.1 Å². The molecule has 1 atom stereocenters. The summed E-state index contributed by atoms with van der Waals surface area (Å²) in [7, 11) is 0. The molecule has 1 unspecified atom stereocenters. The first kappa shape index (κ1) is 15.0. The Labute approximate surface area is 100 Å². The Morgan fingerprint density at radius 3 is 2.56 bits per heavy atom. The summed E-state index contributed by atoms with van der Waals surface area (Å²) in [5, 5.41) is 2.35. The molecule has 0 fully saturated rings. The largest absolute Gasteiger partial charge is 0.464 e. The molecule has 0 aromatic rings. The number of unbranched alkanes of at least 4 members (excludes halogenated alkanes) is 1. The quantitative estimate of drug-likeness (QED) is 0.425. The zero-order valence-electron chi connectivity index (χ0n) is 9.62. The summed E-state index contributed by atoms with van der Waals surface area (Å²) in [5.41, 5.74) is 0. The van der Waals surface area contributed by atoms with E-state index in [0.717, 1.165) is 12.8 Å². The molecule has 0 aromatic carbocycles. The maximum Gasteiger partial charge on any atom is 0.407 e. The number of hydrogen-bond acceptors (Lipinski definition) is 4. The van der Waals surface area contributed by atoms with Gasteiger partial charge in [-0.15, -0.1) is 11.6 Å². The number of carbonyl (C=O) groups excluding carboxylic acids is 2. The van der Waals surface area contributed by atoms with E-state index in [4.69, 9.17) is 16.3 Å². The highest BCUT2D eigenvalue weighted by atomic mass is 35.5. The molecule has 1 N–H and O–H groups in total. The Balaban J connectivity index is 3.73. The Kier molecular flexibility index (Phi) is 8.71. The number of hydrogen-bond donors (Lipinski definition) is 1. The van der Waals surface area contributed by atoms with E-state index >= 15 is 0 Å². The maximum atomic E-state index is 11.3. The molecule has 0 rings (SSSR count). The lowest BCUT2D eigenvalue weighted by Gasteiger charge is -2.12. The van der Waals surface area contributed by atoms with E-state index < -0.39 is 18.1 Å². The summed E-state index contributed by atoms with van der Waals surface area (Å²) in [6.07, 6.45) is 1.10. The topological polar surface area (TPSA) is 64.6 Å². The third kappa shape index (κ3) is 7.34. The molecule has 0 saturated carbocycles. The van der Waals surface area contributed by atoms with E-state index in [1.165, 1.54) is 6.92 Å². The third-order valence-electron chi connectivity index (χ3n) is 1.74. The van der Waals surface area contributed by atoms with E-state index in [1.54, 1.807) is 0 Å². The van der Waals surface area contributed by atoms with Crippen molar-refractivity contribution in [2.75, 3.05) is 19.1 Å². The van der Waals surface area contributed by atoms with Crippen LogP contribution in [0.1, 0.15) is 26.7 Å². The fourth-order valence-electron chi connectivity index (χ4n) is 0.851. The number of halogens is 1. The number of rotatable bonds is 7. The maximum absolute atomic E-state index is 11.3. The van der Waals surface area contributed by atoms with Gasteiger partial charge in [0.15, 0.2) is 0 Å². The van der Waals surface area contributed by atoms with Gasteiger partial charge in [-0.05, 0) is 13.3 Å². The molecule has 0 aliphatic heterocycles. The van der Waals surface area contributed by atoms with Crippen molar-refractivity contribution in [2.45, 2.75) is 32.7 Å². The molecule has 0 heterocycles. The Morgan fingerprint density at radius 1 is 1.31 bits per heavy atom. The van der Waals surface area contributed by atoms with E-state index in [0.29, 0.717) is 6.61 Å². The highest BCUT2D eigenvalue weighted by Gasteiger charge is 2.17. The minimum Gasteiger partial charge on any atom is -0.464 e. The molecule has 94 valence electrons. The number of esters is 1. The molecule has 0 spiro atoms. The number of alkyl carbamates (subject to hydrolysis) is 1. The van der Waals surface area contributed by atoms with Crippen molar-refractivity contribution in [2.24, 2.45) is 0 Å². The molecule has 5 nitrogen and oxygen atoms in total. The van der Waals surface area contributed by atoms with Crippen molar-refractivity contribution in [3.05, 3.63) is 0 Å². The fraction of sp³-hybridized carbons (Fsp3) is 0.800. The van der Waals surface area contributed by atoms with Crippen LogP contribution in [0.25, 0.3) is 0 Å². The first-order chi connectivity index (χ1) is 7.61. The van der Waals surface area contributed by atoms with Gasteiger partial charge in [-0.25, -0.2) is 9.59 Å². The van der Waals surface area contributed by atoms with E-state index in [1.807, 2.05) is 6.92 Å². The van der Waals surface area contributed by atoms with Crippen LogP contribution in [0.5, 0.6) is 0 Å². The van der Waals surface area contributed by atoms with Gasteiger partial charge < -0.3 is 14.8 Å². The zero-order chi connectivity index (χ0) is 12.4. The predicted molar refractivity (Wildman–Crippen MR) is 60.5 cm³/mol. The number of ether oxygens (including phenoxy) is 2. The second-order valence-corrected chi connectivity index (χ2v) is 3.59. The van der Waals surface area contributed by atoms with Gasteiger partial charge in [0.2, 0.25) is 0 Å². The normalized spacial score (nSPS) is 11.7. The molecule has 1 amide bonds. The molecular weight excluding hydrogens is 234 g/mol. The van der Waals surface area contributed by atoms with Crippen LogP contribution in [0.15, 0.2) is 0 Å². The second kappa shape index (κ2) is 9.27. The smallest absolute Gasteiger partial charge is 0.407 e. The average Bonchev–Trinajstić information content (AvgIpc) is 2.26. The summed E-state index contributed by atoms with van der Waals surface area (Å²) in [4.78, 5) is 22.4. The molecule has 6 heteroatoms. The summed E-state index contributed by atoms with van der Waals surface area (Å²) in [6.45, 7) is 4.03. The summed E-state index contributed by atoms with van der Waals surface area (Å²) < 4.78 is 9.56. The lowest BCUT2D eigenvalue weighted by atomic mass is 10.3. The minimum absolute atomic E-state index is 0.116. The van der Waals surface area contributed by atoms with Crippen molar-refractivity contribution in [1.29, 1.82) is 0 Å². The monoisotopic (exact) mass is 251 g/mol. The van der Waals surface area contributed by atoms with Gasteiger partial charge in [0.05, 0.1) is 12.5 Å². The van der Waals surface area contributed by atoms with Gasteiger partial charge in [-0.1, -0.05) is 13.3 Å². The lowest BCUT2D eigenvalue weighted by Crippen LogP contribution is -2.40. The van der Waals surface area contributed by atoms with E-state index in [-0.39, 0.29) is 12.5 Å². The SMILES string of the molecule is CCCCOC(=O)C(C)NC(=O)OCCCl. The molecule has 16 heavy (non-hydrogen) atoms.